The lowest BCUT2D eigenvalue weighted by molar-refractivity contribution is -0.139. The van der Waals surface area contributed by atoms with E-state index in [0.29, 0.717) is 19.4 Å². The number of hydrogen-bond acceptors (Lipinski definition) is 2. The molecule has 0 aliphatic rings. The van der Waals surface area contributed by atoms with Crippen molar-refractivity contribution in [3.05, 3.63) is 12.2 Å². The average Bonchev–Trinajstić information content (AvgIpc) is 2.15. The molecule has 0 aliphatic heterocycles. The molecule has 0 radical (unpaired) electrons. The molecule has 0 aliphatic carbocycles. The highest BCUT2D eigenvalue weighted by molar-refractivity contribution is 5.82. The van der Waals surface area contributed by atoms with Gasteiger partial charge in [-0.2, -0.15) is 0 Å². The van der Waals surface area contributed by atoms with Crippen LogP contribution in [0.25, 0.3) is 0 Å². The normalized spacial score (nSPS) is 12.0. The zero-order valence-corrected chi connectivity index (χ0v) is 10.7. The number of urea groups is 1. The summed E-state index contributed by atoms with van der Waals surface area (Å²) in [7, 11) is 0. The Bertz CT molecular complexity index is 287. The van der Waals surface area contributed by atoms with Gasteiger partial charge in [0.2, 0.25) is 0 Å². The fraction of sp³-hybridized carbons (Fsp3) is 0.667. The summed E-state index contributed by atoms with van der Waals surface area (Å²) >= 11 is 0. The van der Waals surface area contributed by atoms with Gasteiger partial charge in [0.05, 0.1) is 0 Å². The van der Waals surface area contributed by atoms with Crippen molar-refractivity contribution in [3.63, 3.8) is 0 Å². The number of carbonyl (C=O) groups is 2. The summed E-state index contributed by atoms with van der Waals surface area (Å²) in [4.78, 5) is 22.3. The Morgan fingerprint density at radius 2 is 1.94 bits per heavy atom. The number of hydrogen-bond donors (Lipinski definition) is 3. The molecule has 0 aromatic carbocycles. The number of aliphatic carboxylic acids is 1. The third-order valence-electron chi connectivity index (χ3n) is 2.15. The molecule has 0 aromatic heterocycles. The maximum atomic E-state index is 11.4. The van der Waals surface area contributed by atoms with E-state index in [9.17, 15) is 9.59 Å². The second kappa shape index (κ2) is 7.70. The van der Waals surface area contributed by atoms with Crippen molar-refractivity contribution in [2.75, 3.05) is 6.54 Å². The molecular formula is C12H22N2O3. The van der Waals surface area contributed by atoms with E-state index >= 15 is 0 Å². The fourth-order valence-electron chi connectivity index (χ4n) is 1.29. The second-order valence-corrected chi connectivity index (χ2v) is 4.63. The first-order valence-corrected chi connectivity index (χ1v) is 5.74. The lowest BCUT2D eigenvalue weighted by Gasteiger charge is -2.16. The molecule has 1 unspecified atom stereocenters. The van der Waals surface area contributed by atoms with Crippen molar-refractivity contribution in [1.29, 1.82) is 0 Å². The summed E-state index contributed by atoms with van der Waals surface area (Å²) in [5, 5.41) is 14.0. The largest absolute Gasteiger partial charge is 0.480 e. The van der Waals surface area contributed by atoms with Crippen molar-refractivity contribution in [2.24, 2.45) is 5.92 Å². The highest BCUT2D eigenvalue weighted by atomic mass is 16.4. The third kappa shape index (κ3) is 8.30. The molecule has 3 N–H and O–H groups in total. The van der Waals surface area contributed by atoms with Crippen LogP contribution < -0.4 is 10.6 Å². The zero-order chi connectivity index (χ0) is 13.4. The Kier molecular flexibility index (Phi) is 7.02. The molecule has 98 valence electrons. The zero-order valence-electron chi connectivity index (χ0n) is 10.7. The number of carbonyl (C=O) groups excluding carboxylic acids is 1. The standard InChI is InChI=1S/C12H22N2O3/c1-8(2)5-6-13-12(17)14-10(11(15)16)7-9(3)4/h9-10H,1,5-7H2,2-4H3,(H,15,16)(H2,13,14,17). The van der Waals surface area contributed by atoms with Crippen LogP contribution in [0.4, 0.5) is 4.79 Å². The molecule has 5 heteroatoms. The van der Waals surface area contributed by atoms with Gasteiger partial charge in [-0.05, 0) is 25.7 Å². The molecule has 17 heavy (non-hydrogen) atoms. The first-order valence-electron chi connectivity index (χ1n) is 5.74. The molecule has 0 rings (SSSR count). The summed E-state index contributed by atoms with van der Waals surface area (Å²) in [6, 6.07) is -1.28. The smallest absolute Gasteiger partial charge is 0.326 e. The van der Waals surface area contributed by atoms with E-state index in [1.54, 1.807) is 0 Å². The molecule has 2 amide bonds. The molecule has 0 heterocycles. The average molecular weight is 242 g/mol. The van der Waals surface area contributed by atoms with Crippen LogP contribution in [0.5, 0.6) is 0 Å². The third-order valence-corrected chi connectivity index (χ3v) is 2.15. The first kappa shape index (κ1) is 15.5. The number of carboxylic acids is 1. The van der Waals surface area contributed by atoms with E-state index in [1.807, 2.05) is 20.8 Å². The van der Waals surface area contributed by atoms with Crippen LogP contribution in [0.3, 0.4) is 0 Å². The predicted octanol–water partition coefficient (Wildman–Crippen LogP) is 1.75. The molecule has 5 nitrogen and oxygen atoms in total. The van der Waals surface area contributed by atoms with E-state index in [0.717, 1.165) is 5.57 Å². The number of amides is 2. The Labute approximate surface area is 102 Å². The van der Waals surface area contributed by atoms with Gasteiger partial charge in [-0.3, -0.25) is 0 Å². The highest BCUT2D eigenvalue weighted by Gasteiger charge is 2.20. The summed E-state index contributed by atoms with van der Waals surface area (Å²) in [6.07, 6.45) is 1.11. The van der Waals surface area contributed by atoms with Crippen LogP contribution in [0.2, 0.25) is 0 Å². The van der Waals surface area contributed by atoms with Crippen molar-refractivity contribution in [1.82, 2.24) is 10.6 Å². The van der Waals surface area contributed by atoms with Crippen LogP contribution in [-0.2, 0) is 4.79 Å². The molecule has 0 saturated heterocycles. The van der Waals surface area contributed by atoms with Crippen molar-refractivity contribution in [2.45, 2.75) is 39.7 Å². The SMILES string of the molecule is C=C(C)CCNC(=O)NC(CC(C)C)C(=O)O. The maximum absolute atomic E-state index is 11.4. The molecule has 0 bridgehead atoms. The fourth-order valence-corrected chi connectivity index (χ4v) is 1.29. The Morgan fingerprint density at radius 1 is 1.35 bits per heavy atom. The van der Waals surface area contributed by atoms with E-state index in [4.69, 9.17) is 5.11 Å². The number of rotatable bonds is 7. The molecule has 1 atom stereocenters. The van der Waals surface area contributed by atoms with E-state index in [1.165, 1.54) is 0 Å². The van der Waals surface area contributed by atoms with Gasteiger partial charge < -0.3 is 15.7 Å². The lowest BCUT2D eigenvalue weighted by atomic mass is 10.0. The van der Waals surface area contributed by atoms with Crippen LogP contribution in [0.15, 0.2) is 12.2 Å². The van der Waals surface area contributed by atoms with Crippen LogP contribution in [0.1, 0.15) is 33.6 Å². The minimum Gasteiger partial charge on any atom is -0.480 e. The minimum absolute atomic E-state index is 0.215. The summed E-state index contributed by atoms with van der Waals surface area (Å²) in [5.74, 6) is -0.791. The first-order chi connectivity index (χ1) is 7.82. The second-order valence-electron chi connectivity index (χ2n) is 4.63. The van der Waals surface area contributed by atoms with Gasteiger partial charge in [0, 0.05) is 6.54 Å². The molecular weight excluding hydrogens is 220 g/mol. The number of carboxylic acid groups (broad SMARTS) is 1. The minimum atomic E-state index is -1.01. The van der Waals surface area contributed by atoms with Crippen LogP contribution in [0, 0.1) is 5.92 Å². The van der Waals surface area contributed by atoms with Gasteiger partial charge in [0.1, 0.15) is 6.04 Å². The van der Waals surface area contributed by atoms with Gasteiger partial charge in [-0.1, -0.05) is 19.4 Å². The monoisotopic (exact) mass is 242 g/mol. The maximum Gasteiger partial charge on any atom is 0.326 e. The Morgan fingerprint density at radius 3 is 2.35 bits per heavy atom. The Balaban J connectivity index is 4.04. The highest BCUT2D eigenvalue weighted by Crippen LogP contribution is 2.04. The molecule has 0 aromatic rings. The van der Waals surface area contributed by atoms with Gasteiger partial charge >= 0.3 is 12.0 Å². The quantitative estimate of drug-likeness (QED) is 0.595. The summed E-state index contributed by atoms with van der Waals surface area (Å²) in [6.45, 7) is 9.88. The van der Waals surface area contributed by atoms with E-state index in [-0.39, 0.29) is 5.92 Å². The van der Waals surface area contributed by atoms with Crippen molar-refractivity contribution < 1.29 is 14.7 Å². The van der Waals surface area contributed by atoms with E-state index < -0.39 is 18.0 Å². The van der Waals surface area contributed by atoms with Crippen molar-refractivity contribution in [3.8, 4) is 0 Å². The van der Waals surface area contributed by atoms with Gasteiger partial charge in [-0.15, -0.1) is 6.58 Å². The lowest BCUT2D eigenvalue weighted by Crippen LogP contribution is -2.46. The predicted molar refractivity (Wildman–Crippen MR) is 66.8 cm³/mol. The molecule has 0 spiro atoms. The van der Waals surface area contributed by atoms with Crippen LogP contribution in [-0.4, -0.2) is 29.7 Å². The molecule has 0 fully saturated rings. The van der Waals surface area contributed by atoms with Gasteiger partial charge in [-0.25, -0.2) is 9.59 Å². The van der Waals surface area contributed by atoms with Crippen molar-refractivity contribution >= 4 is 12.0 Å². The summed E-state index contributed by atoms with van der Waals surface area (Å²) < 4.78 is 0. The van der Waals surface area contributed by atoms with Gasteiger partial charge in [0.15, 0.2) is 0 Å². The molecule has 0 saturated carbocycles. The van der Waals surface area contributed by atoms with Gasteiger partial charge in [0.25, 0.3) is 0 Å². The topological polar surface area (TPSA) is 78.4 Å². The van der Waals surface area contributed by atoms with Crippen LogP contribution >= 0.6 is 0 Å². The van der Waals surface area contributed by atoms with E-state index in [2.05, 4.69) is 17.2 Å². The number of nitrogens with one attached hydrogen (secondary N) is 2. The Hall–Kier alpha value is -1.52. The summed E-state index contributed by atoms with van der Waals surface area (Å²) in [5.41, 5.74) is 0.974.